The fourth-order valence-corrected chi connectivity index (χ4v) is 1.42. The number of hydrogen-bond donors (Lipinski definition) is 2. The summed E-state index contributed by atoms with van der Waals surface area (Å²) in [6.07, 6.45) is -7.57. The van der Waals surface area contributed by atoms with Crippen molar-refractivity contribution in [2.45, 2.75) is 37.3 Å². The average Bonchev–Trinajstić information content (AvgIpc) is 2.28. The van der Waals surface area contributed by atoms with Gasteiger partial charge < -0.3 is 14.9 Å². The van der Waals surface area contributed by atoms with E-state index < -0.39 is 37.0 Å². The Kier molecular flexibility index (Phi) is 2.57. The summed E-state index contributed by atoms with van der Waals surface area (Å²) >= 11 is 0. The van der Waals surface area contributed by atoms with Crippen molar-refractivity contribution in [1.82, 2.24) is 0 Å². The Balaban J connectivity index is 2.81. The highest BCUT2D eigenvalue weighted by atomic mass is 19.4. The molecule has 1 heterocycles. The van der Waals surface area contributed by atoms with E-state index in [1.54, 1.807) is 0 Å². The van der Waals surface area contributed by atoms with Crippen LogP contribution in [0.25, 0.3) is 0 Å². The van der Waals surface area contributed by atoms with Gasteiger partial charge in [-0.25, -0.2) is 0 Å². The Morgan fingerprint density at radius 3 is 2.31 bits per heavy atom. The van der Waals surface area contributed by atoms with Crippen molar-refractivity contribution >= 4 is 0 Å². The topological polar surface area (TPSA) is 49.7 Å². The van der Waals surface area contributed by atoms with E-state index in [4.69, 9.17) is 9.84 Å². The minimum atomic E-state index is -4.71. The van der Waals surface area contributed by atoms with Crippen LogP contribution in [0.5, 0.6) is 0 Å². The molecule has 1 aliphatic heterocycles. The summed E-state index contributed by atoms with van der Waals surface area (Å²) in [6.45, 7) is 0.631. The molecule has 0 bridgehead atoms. The molecule has 0 amide bonds. The Morgan fingerprint density at radius 2 is 2.08 bits per heavy atom. The van der Waals surface area contributed by atoms with Crippen LogP contribution in [-0.4, -0.2) is 40.8 Å². The predicted octanol–water partition coefficient (Wildman–Crippen LogP) is 0.450. The number of aliphatic hydroxyl groups excluding tert-OH is 1. The summed E-state index contributed by atoms with van der Waals surface area (Å²) in [5.74, 6) is 0. The maximum atomic E-state index is 12.3. The molecule has 0 aromatic rings. The summed E-state index contributed by atoms with van der Waals surface area (Å²) < 4.78 is 41.6. The predicted molar refractivity (Wildman–Crippen MR) is 37.0 cm³/mol. The summed E-state index contributed by atoms with van der Waals surface area (Å²) in [5.41, 5.74) is -2.82. The van der Waals surface area contributed by atoms with Crippen LogP contribution in [-0.2, 0) is 4.74 Å². The van der Waals surface area contributed by atoms with Crippen LogP contribution < -0.4 is 0 Å². The second-order valence-corrected chi connectivity index (χ2v) is 3.21. The molecule has 3 unspecified atom stereocenters. The molecule has 1 saturated heterocycles. The van der Waals surface area contributed by atoms with Crippen molar-refractivity contribution in [2.24, 2.45) is 0 Å². The van der Waals surface area contributed by atoms with Gasteiger partial charge in [-0.1, -0.05) is 0 Å². The molecule has 0 spiro atoms. The standard InChI is InChI=1S/C7H11F3O3/c1-4-6(12,7(8,9)10)2-5(3-11)13-4/h4-5,11-12H,2-3H2,1H3. The van der Waals surface area contributed by atoms with Gasteiger partial charge in [-0.05, 0) is 6.92 Å². The van der Waals surface area contributed by atoms with Gasteiger partial charge in [0.25, 0.3) is 0 Å². The fraction of sp³-hybridized carbons (Fsp3) is 1.00. The normalized spacial score (nSPS) is 41.1. The summed E-state index contributed by atoms with van der Waals surface area (Å²) in [4.78, 5) is 0. The maximum Gasteiger partial charge on any atom is 0.419 e. The zero-order valence-electron chi connectivity index (χ0n) is 7.01. The summed E-state index contributed by atoms with van der Waals surface area (Å²) in [6, 6.07) is 0. The van der Waals surface area contributed by atoms with E-state index in [2.05, 4.69) is 0 Å². The van der Waals surface area contributed by atoms with Gasteiger partial charge in [0.15, 0.2) is 5.60 Å². The lowest BCUT2D eigenvalue weighted by Crippen LogP contribution is -2.50. The van der Waals surface area contributed by atoms with Crippen LogP contribution in [0.2, 0.25) is 0 Å². The first-order chi connectivity index (χ1) is 5.81. The Morgan fingerprint density at radius 1 is 1.54 bits per heavy atom. The van der Waals surface area contributed by atoms with Gasteiger partial charge in [-0.2, -0.15) is 13.2 Å². The zero-order chi connectivity index (χ0) is 10.3. The second kappa shape index (κ2) is 3.11. The minimum Gasteiger partial charge on any atom is -0.394 e. The van der Waals surface area contributed by atoms with Gasteiger partial charge >= 0.3 is 6.18 Å². The zero-order valence-corrected chi connectivity index (χ0v) is 7.01. The van der Waals surface area contributed by atoms with Gasteiger partial charge in [0.2, 0.25) is 0 Å². The van der Waals surface area contributed by atoms with E-state index in [0.717, 1.165) is 6.92 Å². The molecule has 0 radical (unpaired) electrons. The lowest BCUT2D eigenvalue weighted by Gasteiger charge is -2.28. The monoisotopic (exact) mass is 200 g/mol. The van der Waals surface area contributed by atoms with Crippen molar-refractivity contribution in [3.05, 3.63) is 0 Å². The van der Waals surface area contributed by atoms with E-state index in [1.807, 2.05) is 0 Å². The molecule has 2 N–H and O–H groups in total. The lowest BCUT2D eigenvalue weighted by atomic mass is 9.94. The fourth-order valence-electron chi connectivity index (χ4n) is 1.42. The third-order valence-corrected chi connectivity index (χ3v) is 2.30. The maximum absolute atomic E-state index is 12.3. The number of ether oxygens (including phenoxy) is 1. The number of aliphatic hydroxyl groups is 2. The largest absolute Gasteiger partial charge is 0.419 e. The van der Waals surface area contributed by atoms with E-state index in [1.165, 1.54) is 0 Å². The molecule has 0 aromatic carbocycles. The molecule has 1 aliphatic rings. The van der Waals surface area contributed by atoms with Gasteiger partial charge in [0, 0.05) is 6.42 Å². The van der Waals surface area contributed by atoms with Gasteiger partial charge in [0.05, 0.1) is 18.8 Å². The SMILES string of the molecule is CC1OC(CO)CC1(O)C(F)(F)F. The van der Waals surface area contributed by atoms with E-state index in [9.17, 15) is 18.3 Å². The lowest BCUT2D eigenvalue weighted by molar-refractivity contribution is -0.271. The van der Waals surface area contributed by atoms with Crippen molar-refractivity contribution < 1.29 is 28.1 Å². The molecule has 0 aliphatic carbocycles. The number of rotatable bonds is 1. The number of hydrogen-bond acceptors (Lipinski definition) is 3. The van der Waals surface area contributed by atoms with Crippen molar-refractivity contribution in [2.75, 3.05) is 6.61 Å². The first-order valence-corrected chi connectivity index (χ1v) is 3.86. The molecule has 0 saturated carbocycles. The summed E-state index contributed by atoms with van der Waals surface area (Å²) in [7, 11) is 0. The molecule has 78 valence electrons. The molecular formula is C7H11F3O3. The molecular weight excluding hydrogens is 189 g/mol. The highest BCUT2D eigenvalue weighted by Gasteiger charge is 2.62. The molecule has 1 rings (SSSR count). The summed E-state index contributed by atoms with van der Waals surface area (Å²) in [5, 5.41) is 17.8. The smallest absolute Gasteiger partial charge is 0.394 e. The molecule has 3 atom stereocenters. The highest BCUT2D eigenvalue weighted by Crippen LogP contribution is 2.42. The van der Waals surface area contributed by atoms with Crippen LogP contribution in [0.1, 0.15) is 13.3 Å². The Bertz CT molecular complexity index is 194. The third kappa shape index (κ3) is 1.66. The van der Waals surface area contributed by atoms with Crippen LogP contribution in [0, 0.1) is 0 Å². The highest BCUT2D eigenvalue weighted by molar-refractivity contribution is 4.99. The second-order valence-electron chi connectivity index (χ2n) is 3.21. The quantitative estimate of drug-likeness (QED) is 0.646. The van der Waals surface area contributed by atoms with Crippen molar-refractivity contribution in [3.8, 4) is 0 Å². The van der Waals surface area contributed by atoms with Crippen LogP contribution >= 0.6 is 0 Å². The van der Waals surface area contributed by atoms with Gasteiger partial charge in [-0.15, -0.1) is 0 Å². The van der Waals surface area contributed by atoms with Crippen LogP contribution in [0.15, 0.2) is 0 Å². The molecule has 0 aromatic heterocycles. The first kappa shape index (κ1) is 10.7. The minimum absolute atomic E-state index is 0.511. The molecule has 3 nitrogen and oxygen atoms in total. The van der Waals surface area contributed by atoms with Crippen molar-refractivity contribution in [1.29, 1.82) is 0 Å². The Hall–Kier alpha value is -0.330. The number of halogens is 3. The Labute approximate surface area is 73.1 Å². The molecule has 13 heavy (non-hydrogen) atoms. The van der Waals surface area contributed by atoms with E-state index in [0.29, 0.717) is 0 Å². The van der Waals surface area contributed by atoms with Crippen molar-refractivity contribution in [3.63, 3.8) is 0 Å². The van der Waals surface area contributed by atoms with Gasteiger partial charge in [0.1, 0.15) is 0 Å². The van der Waals surface area contributed by atoms with Crippen LogP contribution in [0.4, 0.5) is 13.2 Å². The number of alkyl halides is 3. The molecule has 1 fully saturated rings. The van der Waals surface area contributed by atoms with E-state index in [-0.39, 0.29) is 0 Å². The average molecular weight is 200 g/mol. The third-order valence-electron chi connectivity index (χ3n) is 2.30. The van der Waals surface area contributed by atoms with Crippen LogP contribution in [0.3, 0.4) is 0 Å². The molecule has 6 heteroatoms. The van der Waals surface area contributed by atoms with Gasteiger partial charge in [-0.3, -0.25) is 0 Å². The van der Waals surface area contributed by atoms with E-state index >= 15 is 0 Å². The first-order valence-electron chi connectivity index (χ1n) is 3.86.